The maximum absolute atomic E-state index is 15.2. The molecule has 4 aromatic rings. The molecule has 20 heteroatoms. The minimum absolute atomic E-state index is 0.0505. The number of anilines is 3. The van der Waals surface area contributed by atoms with Gasteiger partial charge >= 0.3 is 0 Å². The van der Waals surface area contributed by atoms with Crippen LogP contribution in [-0.4, -0.2) is 146 Å². The van der Waals surface area contributed by atoms with Crippen molar-refractivity contribution in [2.45, 2.75) is 101 Å². The van der Waals surface area contributed by atoms with E-state index in [1.807, 2.05) is 55.4 Å². The van der Waals surface area contributed by atoms with Crippen molar-refractivity contribution in [3.05, 3.63) is 76.0 Å². The minimum Gasteiger partial charge on any atom is -0.495 e. The highest BCUT2D eigenvalue weighted by molar-refractivity contribution is 8.00. The molecule has 3 atom stereocenters. The number of thiazole rings is 1. The number of halogens is 2. The van der Waals surface area contributed by atoms with Crippen LogP contribution >= 0.6 is 34.7 Å². The molecule has 2 aliphatic carbocycles. The monoisotopic (exact) mass is 1020 g/mol. The van der Waals surface area contributed by atoms with E-state index in [0.29, 0.717) is 58.7 Å². The van der Waals surface area contributed by atoms with Gasteiger partial charge in [-0.05, 0) is 106 Å². The Bertz CT molecular complexity index is 2510. The molecule has 2 saturated carbocycles. The summed E-state index contributed by atoms with van der Waals surface area (Å²) in [6.45, 7) is 9.71. The lowest BCUT2D eigenvalue weighted by Crippen LogP contribution is -2.61. The Morgan fingerprint density at radius 3 is 2.40 bits per heavy atom. The van der Waals surface area contributed by atoms with E-state index >= 15 is 4.39 Å². The van der Waals surface area contributed by atoms with E-state index in [1.165, 1.54) is 11.1 Å². The number of likely N-dealkylation sites (tertiary alicyclic amines) is 1. The van der Waals surface area contributed by atoms with Crippen molar-refractivity contribution in [1.29, 1.82) is 0 Å². The molecule has 4 amide bonds. The van der Waals surface area contributed by atoms with Gasteiger partial charge in [-0.3, -0.25) is 24.1 Å². The molecule has 4 fully saturated rings. The molecule has 2 aliphatic heterocycles. The van der Waals surface area contributed by atoms with Gasteiger partial charge in [0.25, 0.3) is 11.8 Å². The number of thioether (sulfide) groups is 1. The number of hydrogen-bond acceptors (Lipinski definition) is 14. The number of carbonyl (C=O) groups excluding carboxylic acids is 4. The van der Waals surface area contributed by atoms with Crippen LogP contribution in [0.3, 0.4) is 0 Å². The SMILES string of the molecule is CNc1nc(Nc2ccc(C(=O)N3CCN(CC4CCC(CSC(C)(C)C(NC(=O)C5(F)CC5)C(=O)N5CC(O)CC5C(=O)NCc5ccc(-c6scnc6C)cc5)CC4)CC3)cc2OC)ncc1Cl. The molecule has 2 aromatic carbocycles. The number of piperazine rings is 1. The molecule has 376 valence electrons. The third kappa shape index (κ3) is 12.1. The zero-order valence-electron chi connectivity index (χ0n) is 40.4. The number of aliphatic hydroxyl groups is 1. The van der Waals surface area contributed by atoms with E-state index in [4.69, 9.17) is 16.3 Å². The molecule has 0 radical (unpaired) electrons. The number of methoxy groups -OCH3 is 1. The highest BCUT2D eigenvalue weighted by Crippen LogP contribution is 2.42. The molecule has 5 N–H and O–H groups in total. The first-order chi connectivity index (χ1) is 33.5. The number of amides is 4. The molecule has 0 spiro atoms. The van der Waals surface area contributed by atoms with Crippen molar-refractivity contribution in [2.24, 2.45) is 11.8 Å². The first kappa shape index (κ1) is 51.3. The number of rotatable bonds is 18. The van der Waals surface area contributed by atoms with Crippen molar-refractivity contribution in [3.8, 4) is 16.2 Å². The van der Waals surface area contributed by atoms with Crippen LogP contribution in [0.2, 0.25) is 5.02 Å². The number of ether oxygens (including phenoxy) is 1. The second kappa shape index (κ2) is 22.1. The maximum atomic E-state index is 15.2. The standard InChI is InChI=1S/C50H64ClFN10O6S2/c1-30-41(69-29-56-30)34-12-10-31(11-13-34)24-54-44(64)39-23-36(63)27-62(39)46(66)42(58-47(67)50(52)16-17-50)49(2,3)70-28-33-8-6-32(7-9-33)26-60-18-20-61(21-19-60)45(65)35-14-15-38(40(22-35)68-5)57-48-55-25-37(51)43(53-4)59-48/h10-15,22,25,29,32-33,36,39,42,63H,6-9,16-21,23-24,26-28H2,1-5H3,(H,54,64)(H,58,67)(H2,53,55,57,59). The summed E-state index contributed by atoms with van der Waals surface area (Å²) < 4.78 is 19.9. The van der Waals surface area contributed by atoms with E-state index in [9.17, 15) is 24.3 Å². The molecular formula is C50H64ClFN10O6S2. The largest absolute Gasteiger partial charge is 0.495 e. The number of nitrogens with zero attached hydrogens (tertiary/aromatic N) is 6. The molecular weight excluding hydrogens is 955 g/mol. The fraction of sp³-hybridized carbons (Fsp3) is 0.540. The number of aliphatic hydroxyl groups excluding tert-OH is 1. The molecule has 2 saturated heterocycles. The van der Waals surface area contributed by atoms with Gasteiger partial charge < -0.3 is 40.9 Å². The first-order valence-electron chi connectivity index (χ1n) is 24.1. The third-order valence-electron chi connectivity index (χ3n) is 14.1. The van der Waals surface area contributed by atoms with Crippen molar-refractivity contribution >= 4 is 75.8 Å². The molecule has 0 bridgehead atoms. The average Bonchev–Trinajstić information content (AvgIpc) is 3.77. The predicted molar refractivity (Wildman–Crippen MR) is 272 cm³/mol. The van der Waals surface area contributed by atoms with Gasteiger partial charge in [0.15, 0.2) is 5.67 Å². The third-order valence-corrected chi connectivity index (χ3v) is 17.0. The zero-order valence-corrected chi connectivity index (χ0v) is 42.8. The molecule has 4 aliphatic rings. The Balaban J connectivity index is 0.808. The first-order valence-corrected chi connectivity index (χ1v) is 26.3. The van der Waals surface area contributed by atoms with Crippen molar-refractivity contribution in [3.63, 3.8) is 0 Å². The molecule has 8 rings (SSSR count). The second-order valence-electron chi connectivity index (χ2n) is 19.5. The summed E-state index contributed by atoms with van der Waals surface area (Å²) in [5.74, 6) is 1.24. The van der Waals surface area contributed by atoms with Crippen LogP contribution < -0.4 is 26.0 Å². The quantitative estimate of drug-likeness (QED) is 0.0708. The Labute approximate surface area is 422 Å². The summed E-state index contributed by atoms with van der Waals surface area (Å²) in [7, 11) is 3.28. The minimum atomic E-state index is -2.00. The Kier molecular flexibility index (Phi) is 16.2. The topological polar surface area (TPSA) is 194 Å². The molecule has 3 unspecified atom stereocenters. The van der Waals surface area contributed by atoms with Crippen LogP contribution in [0.5, 0.6) is 5.75 Å². The summed E-state index contributed by atoms with van der Waals surface area (Å²) in [5.41, 5.74) is 3.84. The second-order valence-corrected chi connectivity index (χ2v) is 22.5. The highest BCUT2D eigenvalue weighted by Gasteiger charge is 2.54. The lowest BCUT2D eigenvalue weighted by molar-refractivity contribution is -0.143. The fourth-order valence-corrected chi connectivity index (χ4v) is 11.9. The Morgan fingerprint density at radius 2 is 1.74 bits per heavy atom. The number of carbonyl (C=O) groups is 4. The van der Waals surface area contributed by atoms with E-state index in [0.717, 1.165) is 72.8 Å². The zero-order chi connectivity index (χ0) is 49.7. The number of β-amino-alcohol motifs (C(OH)–C–C–N with tert-alkyl or cyclic N) is 1. The Hall–Kier alpha value is -5.08. The number of alkyl halides is 1. The van der Waals surface area contributed by atoms with Crippen molar-refractivity contribution < 1.29 is 33.4 Å². The summed E-state index contributed by atoms with van der Waals surface area (Å²) in [4.78, 5) is 74.9. The van der Waals surface area contributed by atoms with Crippen LogP contribution in [0.25, 0.3) is 10.4 Å². The number of benzene rings is 2. The molecule has 16 nitrogen and oxygen atoms in total. The normalized spacial score (nSPS) is 21.7. The highest BCUT2D eigenvalue weighted by atomic mass is 35.5. The number of aromatic nitrogens is 3. The maximum Gasteiger partial charge on any atom is 0.258 e. The van der Waals surface area contributed by atoms with E-state index < -0.39 is 46.3 Å². The van der Waals surface area contributed by atoms with E-state index in [-0.39, 0.29) is 38.3 Å². The summed E-state index contributed by atoms with van der Waals surface area (Å²) in [6.07, 6.45) is 5.01. The van der Waals surface area contributed by atoms with Crippen LogP contribution in [0, 0.1) is 18.8 Å². The van der Waals surface area contributed by atoms with Gasteiger partial charge in [-0.1, -0.05) is 35.9 Å². The molecule has 70 heavy (non-hydrogen) atoms. The van der Waals surface area contributed by atoms with E-state index in [1.54, 1.807) is 55.5 Å². The summed E-state index contributed by atoms with van der Waals surface area (Å²) in [5, 5.41) is 23.0. The smallest absolute Gasteiger partial charge is 0.258 e. The van der Waals surface area contributed by atoms with Crippen LogP contribution in [0.15, 0.2) is 54.2 Å². The fourth-order valence-electron chi connectivity index (χ4n) is 9.59. The van der Waals surface area contributed by atoms with Gasteiger partial charge in [-0.25, -0.2) is 14.4 Å². The number of aryl methyl sites for hydroxylation is 1. The Morgan fingerprint density at radius 1 is 1.03 bits per heavy atom. The lowest BCUT2D eigenvalue weighted by atomic mass is 9.82. The van der Waals surface area contributed by atoms with Gasteiger partial charge in [0.2, 0.25) is 17.8 Å². The van der Waals surface area contributed by atoms with Crippen molar-refractivity contribution in [1.82, 2.24) is 40.3 Å². The van der Waals surface area contributed by atoms with Crippen LogP contribution in [0.1, 0.15) is 80.4 Å². The summed E-state index contributed by atoms with van der Waals surface area (Å²) in [6, 6.07) is 11.1. The van der Waals surface area contributed by atoms with Crippen molar-refractivity contribution in [2.75, 3.05) is 69.8 Å². The lowest BCUT2D eigenvalue weighted by Gasteiger charge is -2.40. The van der Waals surface area contributed by atoms with E-state index in [2.05, 4.69) is 41.1 Å². The van der Waals surface area contributed by atoms with Gasteiger partial charge in [0.1, 0.15) is 28.7 Å². The average molecular weight is 1020 g/mol. The predicted octanol–water partition coefficient (Wildman–Crippen LogP) is 6.70. The van der Waals surface area contributed by atoms with Gasteiger partial charge in [-0.15, -0.1) is 11.3 Å². The molecule has 2 aromatic heterocycles. The van der Waals surface area contributed by atoms with Crippen LogP contribution in [0.4, 0.5) is 21.8 Å². The summed E-state index contributed by atoms with van der Waals surface area (Å²) >= 11 is 9.30. The molecule has 4 heterocycles. The van der Waals surface area contributed by atoms with Gasteiger partial charge in [0.05, 0.1) is 41.2 Å². The van der Waals surface area contributed by atoms with Crippen LogP contribution in [-0.2, 0) is 20.9 Å². The van der Waals surface area contributed by atoms with Gasteiger partial charge in [-0.2, -0.15) is 16.7 Å². The van der Waals surface area contributed by atoms with Gasteiger partial charge in [0, 0.05) is 69.6 Å². The number of nitrogens with one attached hydrogen (secondary N) is 4. The number of hydrogen-bond donors (Lipinski definition) is 5.